The topological polar surface area (TPSA) is 71.1 Å². The predicted octanol–water partition coefficient (Wildman–Crippen LogP) is 4.69. The van der Waals surface area contributed by atoms with Crippen molar-refractivity contribution in [1.82, 2.24) is 10.3 Å². The van der Waals surface area contributed by atoms with Crippen LogP contribution in [0.4, 0.5) is 5.13 Å². The van der Waals surface area contributed by atoms with E-state index in [2.05, 4.69) is 46.8 Å². The molecule has 2 N–H and O–H groups in total. The molecule has 1 aromatic carbocycles. The predicted molar refractivity (Wildman–Crippen MR) is 119 cm³/mol. The molecule has 2 amide bonds. The summed E-state index contributed by atoms with van der Waals surface area (Å²) in [6.45, 7) is 4.08. The van der Waals surface area contributed by atoms with Gasteiger partial charge in [-0.05, 0) is 24.6 Å². The largest absolute Gasteiger partial charge is 0.351 e. The third-order valence-electron chi connectivity index (χ3n) is 3.80. The first-order valence-corrected chi connectivity index (χ1v) is 11.6. The summed E-state index contributed by atoms with van der Waals surface area (Å²) < 4.78 is 0. The number of nitrogens with zero attached hydrogens (tertiary/aromatic N) is 1. The summed E-state index contributed by atoms with van der Waals surface area (Å²) in [5.74, 6) is 1.11. The average molecular weight is 432 g/mol. The molecule has 3 rings (SSSR count). The van der Waals surface area contributed by atoms with Crippen LogP contribution in [-0.2, 0) is 21.9 Å². The van der Waals surface area contributed by atoms with Crippen molar-refractivity contribution in [3.8, 4) is 10.6 Å². The van der Waals surface area contributed by atoms with Gasteiger partial charge in [-0.3, -0.25) is 9.59 Å². The van der Waals surface area contributed by atoms with Gasteiger partial charge < -0.3 is 10.6 Å². The Balaban J connectivity index is 1.47. The van der Waals surface area contributed by atoms with E-state index in [0.29, 0.717) is 17.4 Å². The molecule has 0 radical (unpaired) electrons. The Bertz CT molecular complexity index is 948. The van der Waals surface area contributed by atoms with Gasteiger partial charge in [-0.25, -0.2) is 4.98 Å². The first kappa shape index (κ1) is 20.6. The van der Waals surface area contributed by atoms with Crippen molar-refractivity contribution in [1.29, 1.82) is 0 Å². The number of amides is 2. The van der Waals surface area contributed by atoms with E-state index in [1.54, 1.807) is 23.1 Å². The second-order valence-corrected chi connectivity index (χ2v) is 9.25. The number of hydrogen-bond acceptors (Lipinski definition) is 6. The summed E-state index contributed by atoms with van der Waals surface area (Å²) in [5.41, 5.74) is 3.29. The van der Waals surface area contributed by atoms with Gasteiger partial charge in [0.05, 0.1) is 22.9 Å². The van der Waals surface area contributed by atoms with Crippen LogP contribution in [0.1, 0.15) is 22.9 Å². The highest BCUT2D eigenvalue weighted by Crippen LogP contribution is 2.30. The van der Waals surface area contributed by atoms with Crippen LogP contribution in [0.15, 0.2) is 41.8 Å². The molecular weight excluding hydrogens is 410 g/mol. The lowest BCUT2D eigenvalue weighted by Gasteiger charge is -2.03. The van der Waals surface area contributed by atoms with Gasteiger partial charge in [-0.15, -0.1) is 34.4 Å². The maximum atomic E-state index is 12.2. The maximum Gasteiger partial charge on any atom is 0.236 e. The van der Waals surface area contributed by atoms with Gasteiger partial charge in [0.25, 0.3) is 0 Å². The minimum Gasteiger partial charge on any atom is -0.351 e. The number of thiazole rings is 1. The number of aromatic nitrogens is 1. The minimum absolute atomic E-state index is 0.0458. The van der Waals surface area contributed by atoms with Crippen LogP contribution in [0, 0.1) is 6.92 Å². The van der Waals surface area contributed by atoms with Crippen molar-refractivity contribution in [2.45, 2.75) is 26.1 Å². The van der Waals surface area contributed by atoms with Crippen molar-refractivity contribution < 1.29 is 9.59 Å². The molecule has 3 aromatic rings. The smallest absolute Gasteiger partial charge is 0.236 e. The van der Waals surface area contributed by atoms with E-state index in [9.17, 15) is 9.59 Å². The van der Waals surface area contributed by atoms with Crippen molar-refractivity contribution in [2.24, 2.45) is 0 Å². The first-order chi connectivity index (χ1) is 13.5. The fraction of sp³-hybridized carbons (Fsp3) is 0.250. The second kappa shape index (κ2) is 9.86. The molecule has 28 heavy (non-hydrogen) atoms. The molecule has 0 spiro atoms. The van der Waals surface area contributed by atoms with E-state index >= 15 is 0 Å². The summed E-state index contributed by atoms with van der Waals surface area (Å²) in [7, 11) is 0. The highest BCUT2D eigenvalue weighted by molar-refractivity contribution is 7.99. The molecule has 0 fully saturated rings. The fourth-order valence-corrected chi connectivity index (χ4v) is 4.86. The summed E-state index contributed by atoms with van der Waals surface area (Å²) in [4.78, 5) is 29.8. The van der Waals surface area contributed by atoms with E-state index in [-0.39, 0.29) is 11.8 Å². The molecule has 0 unspecified atom stereocenters. The molecule has 2 heterocycles. The van der Waals surface area contributed by atoms with Crippen LogP contribution in [0.3, 0.4) is 0 Å². The molecular formula is C20H21N3O2S3. The molecule has 0 aliphatic rings. The Labute approximate surface area is 176 Å². The molecule has 0 atom stereocenters. The SMILES string of the molecule is CC(=O)NCc1ccc(-c2csc(NC(=O)CSCc3ccc(C)cc3)n2)s1. The van der Waals surface area contributed by atoms with Crippen molar-refractivity contribution >= 4 is 51.4 Å². The number of nitrogens with one attached hydrogen (secondary N) is 2. The lowest BCUT2D eigenvalue weighted by atomic mass is 10.2. The summed E-state index contributed by atoms with van der Waals surface area (Å²) in [5, 5.41) is 8.19. The number of anilines is 1. The summed E-state index contributed by atoms with van der Waals surface area (Å²) in [6, 6.07) is 12.3. The van der Waals surface area contributed by atoms with E-state index < -0.39 is 0 Å². The van der Waals surface area contributed by atoms with Crippen LogP contribution in [0.5, 0.6) is 0 Å². The first-order valence-electron chi connectivity index (χ1n) is 8.72. The normalized spacial score (nSPS) is 10.6. The Morgan fingerprint density at radius 1 is 1.14 bits per heavy atom. The Kier molecular flexibility index (Phi) is 7.24. The van der Waals surface area contributed by atoms with E-state index in [1.807, 2.05) is 17.5 Å². The van der Waals surface area contributed by atoms with Crippen LogP contribution in [0.25, 0.3) is 10.6 Å². The zero-order chi connectivity index (χ0) is 19.9. The van der Waals surface area contributed by atoms with Gasteiger partial charge in [0, 0.05) is 22.9 Å². The van der Waals surface area contributed by atoms with Crippen LogP contribution in [-0.4, -0.2) is 22.6 Å². The highest BCUT2D eigenvalue weighted by atomic mass is 32.2. The highest BCUT2D eigenvalue weighted by Gasteiger charge is 2.10. The Morgan fingerprint density at radius 3 is 2.68 bits per heavy atom. The van der Waals surface area contributed by atoms with Gasteiger partial charge in [-0.1, -0.05) is 29.8 Å². The lowest BCUT2D eigenvalue weighted by molar-refractivity contribution is -0.119. The molecule has 0 aliphatic carbocycles. The van der Waals surface area contributed by atoms with Crippen molar-refractivity contribution in [3.05, 3.63) is 57.8 Å². The summed E-state index contributed by atoms with van der Waals surface area (Å²) >= 11 is 4.59. The summed E-state index contributed by atoms with van der Waals surface area (Å²) in [6.07, 6.45) is 0. The third kappa shape index (κ3) is 6.19. The number of hydrogen-bond donors (Lipinski definition) is 2. The van der Waals surface area contributed by atoms with Crippen LogP contribution < -0.4 is 10.6 Å². The van der Waals surface area contributed by atoms with E-state index in [1.165, 1.54) is 29.4 Å². The van der Waals surface area contributed by atoms with Crippen molar-refractivity contribution in [2.75, 3.05) is 11.1 Å². The quantitative estimate of drug-likeness (QED) is 0.543. The van der Waals surface area contributed by atoms with Gasteiger partial charge in [-0.2, -0.15) is 0 Å². The fourth-order valence-electron chi connectivity index (χ4n) is 2.37. The Hall–Kier alpha value is -2.16. The molecule has 146 valence electrons. The standard InChI is InChI=1S/C20H21N3O2S3/c1-13-3-5-15(6-4-13)10-26-12-19(25)23-20-22-17(11-27-20)18-8-7-16(28-18)9-21-14(2)24/h3-8,11H,9-10,12H2,1-2H3,(H,21,24)(H,22,23,25). The molecule has 8 heteroatoms. The molecule has 5 nitrogen and oxygen atoms in total. The molecule has 0 aliphatic heterocycles. The monoisotopic (exact) mass is 431 g/mol. The average Bonchev–Trinajstić information content (AvgIpc) is 3.31. The Morgan fingerprint density at radius 2 is 1.93 bits per heavy atom. The van der Waals surface area contributed by atoms with Crippen LogP contribution >= 0.6 is 34.4 Å². The molecule has 2 aromatic heterocycles. The number of thiophene rings is 1. The van der Waals surface area contributed by atoms with E-state index in [4.69, 9.17) is 0 Å². The van der Waals surface area contributed by atoms with Crippen LogP contribution in [0.2, 0.25) is 0 Å². The molecule has 0 bridgehead atoms. The maximum absolute atomic E-state index is 12.2. The number of aryl methyl sites for hydroxylation is 1. The second-order valence-electron chi connectivity index (χ2n) is 6.24. The number of thioether (sulfide) groups is 1. The van der Waals surface area contributed by atoms with Crippen molar-refractivity contribution in [3.63, 3.8) is 0 Å². The third-order valence-corrected chi connectivity index (χ3v) is 6.67. The molecule has 0 saturated heterocycles. The lowest BCUT2D eigenvalue weighted by Crippen LogP contribution is -2.17. The van der Waals surface area contributed by atoms with Gasteiger partial charge in [0.15, 0.2) is 5.13 Å². The minimum atomic E-state index is -0.0474. The zero-order valence-corrected chi connectivity index (χ0v) is 18.1. The number of carbonyl (C=O) groups is 2. The zero-order valence-electron chi connectivity index (χ0n) is 15.7. The van der Waals surface area contributed by atoms with Gasteiger partial charge in [0.2, 0.25) is 11.8 Å². The number of rotatable bonds is 8. The number of carbonyl (C=O) groups excluding carboxylic acids is 2. The molecule has 0 saturated carbocycles. The van der Waals surface area contributed by atoms with E-state index in [0.717, 1.165) is 21.2 Å². The van der Waals surface area contributed by atoms with Gasteiger partial charge >= 0.3 is 0 Å². The van der Waals surface area contributed by atoms with Gasteiger partial charge in [0.1, 0.15) is 0 Å². The number of benzene rings is 1.